The van der Waals surface area contributed by atoms with Crippen molar-refractivity contribution in [2.75, 3.05) is 12.3 Å². The van der Waals surface area contributed by atoms with Gasteiger partial charge in [0.15, 0.2) is 0 Å². The number of fused-ring (bicyclic) bond motifs is 1. The molecule has 2 aromatic heterocycles. The van der Waals surface area contributed by atoms with Crippen LogP contribution in [0.3, 0.4) is 0 Å². The van der Waals surface area contributed by atoms with Crippen molar-refractivity contribution in [1.82, 2.24) is 24.8 Å². The highest BCUT2D eigenvalue weighted by molar-refractivity contribution is 5.95. The van der Waals surface area contributed by atoms with Gasteiger partial charge in [-0.05, 0) is 12.8 Å². The van der Waals surface area contributed by atoms with Crippen LogP contribution in [0.15, 0.2) is 18.7 Å². The fourth-order valence-corrected chi connectivity index (χ4v) is 2.86. The molecule has 1 amide bonds. The quantitative estimate of drug-likeness (QED) is 0.885. The van der Waals surface area contributed by atoms with E-state index in [-0.39, 0.29) is 11.9 Å². The number of hydrogen-bond donors (Lipinski definition) is 1. The lowest BCUT2D eigenvalue weighted by Gasteiger charge is -2.28. The average Bonchev–Trinajstić information content (AvgIpc) is 3.38. The summed E-state index contributed by atoms with van der Waals surface area (Å²) in [5, 5.41) is 0. The number of aromatic nitrogens is 4. The molecular formula is C15H16N6O. The Balaban J connectivity index is 1.61. The Morgan fingerprint density at radius 3 is 2.95 bits per heavy atom. The zero-order chi connectivity index (χ0) is 15.1. The topological polar surface area (TPSA) is 97.9 Å². The minimum absolute atomic E-state index is 0.00928. The first-order chi connectivity index (χ1) is 10.7. The molecule has 3 heterocycles. The molecule has 1 aliphatic carbocycles. The van der Waals surface area contributed by atoms with E-state index in [1.165, 1.54) is 6.33 Å². The third-order valence-electron chi connectivity index (χ3n) is 4.18. The lowest BCUT2D eigenvalue weighted by Crippen LogP contribution is -2.37. The highest BCUT2D eigenvalue weighted by Gasteiger charge is 2.32. The van der Waals surface area contributed by atoms with Crippen LogP contribution in [0.2, 0.25) is 0 Å². The molecule has 1 fully saturated rings. The van der Waals surface area contributed by atoms with Crippen molar-refractivity contribution in [2.45, 2.75) is 31.7 Å². The van der Waals surface area contributed by atoms with E-state index in [1.54, 1.807) is 12.4 Å². The first-order valence-corrected chi connectivity index (χ1v) is 7.42. The summed E-state index contributed by atoms with van der Waals surface area (Å²) in [5.41, 5.74) is 9.02. The number of carbonyl (C=O) groups excluding carboxylic acids is 1. The zero-order valence-electron chi connectivity index (χ0n) is 12.1. The fourth-order valence-electron chi connectivity index (χ4n) is 2.86. The number of hydrogen-bond acceptors (Lipinski definition) is 6. The lowest BCUT2D eigenvalue weighted by molar-refractivity contribution is 0.0731. The Labute approximate surface area is 127 Å². The van der Waals surface area contributed by atoms with Crippen LogP contribution in [0.5, 0.6) is 0 Å². The summed E-state index contributed by atoms with van der Waals surface area (Å²) >= 11 is 0. The van der Waals surface area contributed by atoms with Gasteiger partial charge in [-0.25, -0.2) is 19.9 Å². The van der Waals surface area contributed by atoms with Gasteiger partial charge in [0.05, 0.1) is 17.0 Å². The van der Waals surface area contributed by atoms with Crippen LogP contribution >= 0.6 is 0 Å². The Morgan fingerprint density at radius 1 is 1.27 bits per heavy atom. The lowest BCUT2D eigenvalue weighted by atomic mass is 10.1. The molecular weight excluding hydrogens is 280 g/mol. The van der Waals surface area contributed by atoms with Gasteiger partial charge in [0.2, 0.25) is 5.95 Å². The largest absolute Gasteiger partial charge is 0.368 e. The Hall–Kier alpha value is -2.57. The molecule has 0 unspecified atom stereocenters. The van der Waals surface area contributed by atoms with Gasteiger partial charge in [-0.3, -0.25) is 4.79 Å². The van der Waals surface area contributed by atoms with Gasteiger partial charge in [-0.15, -0.1) is 0 Å². The van der Waals surface area contributed by atoms with Crippen molar-refractivity contribution in [2.24, 2.45) is 0 Å². The van der Waals surface area contributed by atoms with Crippen LogP contribution in [0.4, 0.5) is 5.95 Å². The van der Waals surface area contributed by atoms with Crippen molar-refractivity contribution in [1.29, 1.82) is 0 Å². The molecule has 22 heavy (non-hydrogen) atoms. The fraction of sp³-hybridized carbons (Fsp3) is 0.400. The van der Waals surface area contributed by atoms with Gasteiger partial charge >= 0.3 is 0 Å². The second-order valence-electron chi connectivity index (χ2n) is 5.77. The molecule has 0 bridgehead atoms. The number of rotatable bonds is 2. The van der Waals surface area contributed by atoms with Gasteiger partial charge in [0, 0.05) is 43.4 Å². The van der Waals surface area contributed by atoms with E-state index >= 15 is 0 Å². The summed E-state index contributed by atoms with van der Waals surface area (Å²) in [6, 6.07) is 0. The van der Waals surface area contributed by atoms with E-state index in [1.807, 2.05) is 4.90 Å². The van der Waals surface area contributed by atoms with Gasteiger partial charge in [0.1, 0.15) is 6.33 Å². The van der Waals surface area contributed by atoms with Crippen molar-refractivity contribution in [3.05, 3.63) is 41.2 Å². The van der Waals surface area contributed by atoms with E-state index in [0.717, 1.165) is 29.8 Å². The molecule has 0 aromatic carbocycles. The summed E-state index contributed by atoms with van der Waals surface area (Å²) in [5.74, 6) is 0.693. The van der Waals surface area contributed by atoms with Gasteiger partial charge in [-0.2, -0.15) is 0 Å². The number of nitrogens with two attached hydrogens (primary N) is 1. The number of anilines is 1. The standard InChI is InChI=1S/C15H16N6O/c16-15-18-5-10-7-21(4-3-12(10)20-15)14(22)11-6-17-8-19-13(11)9-1-2-9/h5-6,8-9H,1-4,7H2,(H2,16,18,20). The summed E-state index contributed by atoms with van der Waals surface area (Å²) in [6.07, 6.45) is 7.77. The smallest absolute Gasteiger partial charge is 0.257 e. The number of amides is 1. The Kier molecular flexibility index (Phi) is 2.99. The average molecular weight is 296 g/mol. The molecule has 4 rings (SSSR count). The maximum atomic E-state index is 12.8. The highest BCUT2D eigenvalue weighted by Crippen LogP contribution is 2.40. The molecule has 112 valence electrons. The van der Waals surface area contributed by atoms with E-state index in [9.17, 15) is 4.79 Å². The van der Waals surface area contributed by atoms with E-state index in [0.29, 0.717) is 31.0 Å². The number of carbonyl (C=O) groups is 1. The molecule has 2 aromatic rings. The van der Waals surface area contributed by atoms with Crippen LogP contribution in [-0.2, 0) is 13.0 Å². The monoisotopic (exact) mass is 296 g/mol. The van der Waals surface area contributed by atoms with Crippen LogP contribution in [0.1, 0.15) is 46.1 Å². The van der Waals surface area contributed by atoms with Gasteiger partial charge in [-0.1, -0.05) is 0 Å². The van der Waals surface area contributed by atoms with Crippen molar-refractivity contribution >= 4 is 11.9 Å². The molecule has 2 N–H and O–H groups in total. The van der Waals surface area contributed by atoms with Crippen molar-refractivity contribution < 1.29 is 4.79 Å². The van der Waals surface area contributed by atoms with Gasteiger partial charge < -0.3 is 10.6 Å². The third-order valence-corrected chi connectivity index (χ3v) is 4.18. The summed E-state index contributed by atoms with van der Waals surface area (Å²) in [7, 11) is 0. The molecule has 0 radical (unpaired) electrons. The molecule has 0 atom stereocenters. The Morgan fingerprint density at radius 2 is 2.14 bits per heavy atom. The Bertz CT molecular complexity index is 743. The molecule has 0 saturated heterocycles. The molecule has 1 saturated carbocycles. The second-order valence-corrected chi connectivity index (χ2v) is 5.77. The van der Waals surface area contributed by atoms with Crippen molar-refractivity contribution in [3.8, 4) is 0 Å². The predicted octanol–water partition coefficient (Wildman–Crippen LogP) is 0.925. The van der Waals surface area contributed by atoms with Crippen LogP contribution < -0.4 is 5.73 Å². The summed E-state index contributed by atoms with van der Waals surface area (Å²) in [6.45, 7) is 1.13. The molecule has 0 spiro atoms. The summed E-state index contributed by atoms with van der Waals surface area (Å²) in [4.78, 5) is 31.2. The SMILES string of the molecule is Nc1ncc2c(n1)CCN(C(=O)c1cncnc1C1CC1)C2. The van der Waals surface area contributed by atoms with E-state index < -0.39 is 0 Å². The van der Waals surface area contributed by atoms with Gasteiger partial charge in [0.25, 0.3) is 5.91 Å². The first kappa shape index (κ1) is 13.1. The molecule has 7 nitrogen and oxygen atoms in total. The van der Waals surface area contributed by atoms with Crippen LogP contribution in [0, 0.1) is 0 Å². The van der Waals surface area contributed by atoms with Crippen molar-refractivity contribution in [3.63, 3.8) is 0 Å². The minimum Gasteiger partial charge on any atom is -0.368 e. The maximum absolute atomic E-state index is 12.8. The third kappa shape index (κ3) is 2.28. The molecule has 7 heteroatoms. The minimum atomic E-state index is -0.00928. The van der Waals surface area contributed by atoms with Crippen LogP contribution in [0.25, 0.3) is 0 Å². The number of nitrogen functional groups attached to an aromatic ring is 1. The molecule has 2 aliphatic rings. The normalized spacial score (nSPS) is 17.2. The highest BCUT2D eigenvalue weighted by atomic mass is 16.2. The van der Waals surface area contributed by atoms with E-state index in [4.69, 9.17) is 5.73 Å². The predicted molar refractivity (Wildman–Crippen MR) is 78.9 cm³/mol. The zero-order valence-corrected chi connectivity index (χ0v) is 12.1. The summed E-state index contributed by atoms with van der Waals surface area (Å²) < 4.78 is 0. The second kappa shape index (κ2) is 5.01. The first-order valence-electron chi connectivity index (χ1n) is 7.42. The van der Waals surface area contributed by atoms with Crippen LogP contribution in [-0.4, -0.2) is 37.3 Å². The van der Waals surface area contributed by atoms with E-state index in [2.05, 4.69) is 19.9 Å². The number of nitrogens with zero attached hydrogens (tertiary/aromatic N) is 5. The maximum Gasteiger partial charge on any atom is 0.257 e. The molecule has 1 aliphatic heterocycles.